The van der Waals surface area contributed by atoms with Crippen molar-refractivity contribution in [1.29, 1.82) is 0 Å². The Kier molecular flexibility index (Phi) is 4.70. The maximum Gasteiger partial charge on any atom is 0.335 e. The molecule has 0 saturated carbocycles. The van der Waals surface area contributed by atoms with Crippen molar-refractivity contribution in [2.45, 2.75) is 5.03 Å². The van der Waals surface area contributed by atoms with E-state index in [4.69, 9.17) is 5.11 Å². The van der Waals surface area contributed by atoms with Crippen molar-refractivity contribution in [2.24, 2.45) is 0 Å². The molecule has 2 aromatic carbocycles. The van der Waals surface area contributed by atoms with E-state index in [9.17, 15) is 22.0 Å². The van der Waals surface area contributed by atoms with Gasteiger partial charge in [0.05, 0.1) is 11.3 Å². The van der Waals surface area contributed by atoms with Gasteiger partial charge >= 0.3 is 5.97 Å². The second-order valence-corrected chi connectivity index (χ2v) is 7.59. The maximum atomic E-state index is 13.9. The van der Waals surface area contributed by atoms with Crippen LogP contribution in [0.15, 0.2) is 52.9 Å². The fourth-order valence-electron chi connectivity index (χ4n) is 2.04. The number of halogens is 2. The van der Waals surface area contributed by atoms with Gasteiger partial charge in [-0.15, -0.1) is 11.3 Å². The van der Waals surface area contributed by atoms with Crippen LogP contribution in [-0.4, -0.2) is 24.5 Å². The molecule has 0 spiro atoms. The van der Waals surface area contributed by atoms with Gasteiger partial charge in [-0.25, -0.2) is 18.6 Å². The number of sulfonamides is 1. The number of hydrogen-bond acceptors (Lipinski definition) is 5. The third-order valence-corrected chi connectivity index (χ3v) is 5.60. The van der Waals surface area contributed by atoms with Crippen LogP contribution in [0.3, 0.4) is 0 Å². The summed E-state index contributed by atoms with van der Waals surface area (Å²) < 4.78 is 53.6. The zero-order valence-corrected chi connectivity index (χ0v) is 14.4. The van der Waals surface area contributed by atoms with Crippen LogP contribution in [0.4, 0.5) is 14.5 Å². The first-order valence-electron chi connectivity index (χ1n) is 7.03. The van der Waals surface area contributed by atoms with Gasteiger partial charge in [-0.05, 0) is 42.5 Å². The topological polar surface area (TPSA) is 96.4 Å². The fraction of sp³-hybridized carbons (Fsp3) is 0. The third kappa shape index (κ3) is 3.70. The molecule has 0 radical (unpaired) electrons. The summed E-state index contributed by atoms with van der Waals surface area (Å²) in [5, 5.41) is 10.1. The lowest BCUT2D eigenvalue weighted by molar-refractivity contribution is 0.0696. The lowest BCUT2D eigenvalue weighted by atomic mass is 10.2. The molecule has 0 unspecified atom stereocenters. The minimum Gasteiger partial charge on any atom is -0.478 e. The molecular formula is C16H10F2N2O4S2. The molecule has 0 atom stereocenters. The molecule has 26 heavy (non-hydrogen) atoms. The molecule has 0 fully saturated rings. The van der Waals surface area contributed by atoms with Crippen molar-refractivity contribution in [3.8, 4) is 10.6 Å². The highest BCUT2D eigenvalue weighted by Gasteiger charge is 2.21. The van der Waals surface area contributed by atoms with E-state index < -0.39 is 33.3 Å². The highest BCUT2D eigenvalue weighted by atomic mass is 32.2. The van der Waals surface area contributed by atoms with Gasteiger partial charge in [-0.1, -0.05) is 0 Å². The van der Waals surface area contributed by atoms with Crippen molar-refractivity contribution in [2.75, 3.05) is 4.72 Å². The van der Waals surface area contributed by atoms with Gasteiger partial charge in [0.1, 0.15) is 16.6 Å². The molecule has 1 aromatic heterocycles. The van der Waals surface area contributed by atoms with E-state index in [1.165, 1.54) is 29.6 Å². The van der Waals surface area contributed by atoms with Crippen LogP contribution < -0.4 is 4.72 Å². The quantitative estimate of drug-likeness (QED) is 0.687. The molecule has 3 aromatic rings. The highest BCUT2D eigenvalue weighted by Crippen LogP contribution is 2.27. The number of aromatic carboxylic acids is 1. The zero-order valence-electron chi connectivity index (χ0n) is 12.8. The molecule has 0 aliphatic rings. The van der Waals surface area contributed by atoms with E-state index in [0.717, 1.165) is 23.5 Å². The van der Waals surface area contributed by atoms with E-state index in [2.05, 4.69) is 4.98 Å². The minimum atomic E-state index is -4.18. The summed E-state index contributed by atoms with van der Waals surface area (Å²) in [4.78, 5) is 14.8. The summed E-state index contributed by atoms with van der Waals surface area (Å²) in [6, 6.07) is 8.18. The van der Waals surface area contributed by atoms with Crippen molar-refractivity contribution < 1.29 is 27.1 Å². The number of aromatic nitrogens is 1. The largest absolute Gasteiger partial charge is 0.478 e. The molecule has 0 saturated heterocycles. The van der Waals surface area contributed by atoms with Crippen LogP contribution in [0.1, 0.15) is 10.4 Å². The molecule has 0 aliphatic carbocycles. The van der Waals surface area contributed by atoms with Crippen LogP contribution in [0.5, 0.6) is 0 Å². The molecule has 0 aliphatic heterocycles. The van der Waals surface area contributed by atoms with Gasteiger partial charge in [-0.2, -0.15) is 8.42 Å². The first-order valence-corrected chi connectivity index (χ1v) is 9.40. The van der Waals surface area contributed by atoms with Crippen LogP contribution >= 0.6 is 11.3 Å². The summed E-state index contributed by atoms with van der Waals surface area (Å²) >= 11 is 1.03. The SMILES string of the molecule is O=C(O)c1ccc(NS(=O)(=O)c2csc(-c3ccc(F)cc3)n2)c(F)c1. The Morgan fingerprint density at radius 3 is 2.42 bits per heavy atom. The standard InChI is InChI=1S/C16H10F2N2O4S2/c17-11-4-1-9(2-5-11)15-19-14(8-25-15)26(23,24)20-13-6-3-10(16(21)22)7-12(13)18/h1-8,20H,(H,21,22). The Bertz CT molecular complexity index is 1080. The van der Waals surface area contributed by atoms with E-state index in [1.807, 2.05) is 4.72 Å². The van der Waals surface area contributed by atoms with Crippen LogP contribution in [0.2, 0.25) is 0 Å². The molecule has 0 bridgehead atoms. The number of rotatable bonds is 5. The third-order valence-electron chi connectivity index (χ3n) is 3.31. The second kappa shape index (κ2) is 6.81. The van der Waals surface area contributed by atoms with Crippen molar-refractivity contribution >= 4 is 33.0 Å². The first-order chi connectivity index (χ1) is 12.3. The van der Waals surface area contributed by atoms with Crippen molar-refractivity contribution in [1.82, 2.24) is 4.98 Å². The number of carbonyl (C=O) groups is 1. The molecular weight excluding hydrogens is 386 g/mol. The number of carboxylic acid groups (broad SMARTS) is 1. The lowest BCUT2D eigenvalue weighted by Gasteiger charge is -2.07. The Labute approximate surface area is 150 Å². The molecule has 2 N–H and O–H groups in total. The van der Waals surface area contributed by atoms with E-state index in [-0.39, 0.29) is 10.6 Å². The predicted octanol–water partition coefficient (Wildman–Crippen LogP) is 3.59. The summed E-state index contributed by atoms with van der Waals surface area (Å²) in [6.07, 6.45) is 0. The maximum absolute atomic E-state index is 13.9. The molecule has 134 valence electrons. The Hall–Kier alpha value is -2.85. The summed E-state index contributed by atoms with van der Waals surface area (Å²) in [5.41, 5.74) is -0.168. The van der Waals surface area contributed by atoms with Gasteiger partial charge < -0.3 is 5.11 Å². The van der Waals surface area contributed by atoms with E-state index in [1.54, 1.807) is 0 Å². The average molecular weight is 396 g/mol. The van der Waals surface area contributed by atoms with Gasteiger partial charge in [0, 0.05) is 10.9 Å². The number of anilines is 1. The molecule has 0 amide bonds. The minimum absolute atomic E-state index is 0.308. The molecule has 10 heteroatoms. The monoisotopic (exact) mass is 396 g/mol. The van der Waals surface area contributed by atoms with Gasteiger partial charge in [0.25, 0.3) is 10.0 Å². The smallest absolute Gasteiger partial charge is 0.335 e. The van der Waals surface area contributed by atoms with Crippen LogP contribution in [-0.2, 0) is 10.0 Å². The number of benzene rings is 2. The van der Waals surface area contributed by atoms with E-state index in [0.29, 0.717) is 16.6 Å². The number of carboxylic acids is 1. The molecule has 6 nitrogen and oxygen atoms in total. The van der Waals surface area contributed by atoms with Crippen molar-refractivity contribution in [3.63, 3.8) is 0 Å². The van der Waals surface area contributed by atoms with Crippen LogP contribution in [0.25, 0.3) is 10.6 Å². The Balaban J connectivity index is 1.87. The summed E-state index contributed by atoms with van der Waals surface area (Å²) in [5.74, 6) is -2.79. The summed E-state index contributed by atoms with van der Waals surface area (Å²) in [6.45, 7) is 0. The Morgan fingerprint density at radius 2 is 1.81 bits per heavy atom. The van der Waals surface area contributed by atoms with Gasteiger partial charge in [-0.3, -0.25) is 4.72 Å². The van der Waals surface area contributed by atoms with Gasteiger partial charge in [0.15, 0.2) is 5.03 Å². The average Bonchev–Trinajstić information content (AvgIpc) is 3.08. The van der Waals surface area contributed by atoms with Crippen molar-refractivity contribution in [3.05, 3.63) is 65.0 Å². The fourth-order valence-corrected chi connectivity index (χ4v) is 4.20. The normalized spacial score (nSPS) is 11.3. The van der Waals surface area contributed by atoms with Crippen LogP contribution in [0, 0.1) is 11.6 Å². The highest BCUT2D eigenvalue weighted by molar-refractivity contribution is 7.92. The molecule has 3 rings (SSSR count). The number of nitrogens with zero attached hydrogens (tertiary/aromatic N) is 1. The van der Waals surface area contributed by atoms with E-state index >= 15 is 0 Å². The second-order valence-electron chi connectivity index (χ2n) is 5.10. The number of hydrogen-bond donors (Lipinski definition) is 2. The number of nitrogens with one attached hydrogen (secondary N) is 1. The van der Waals surface area contributed by atoms with Gasteiger partial charge in [0.2, 0.25) is 0 Å². The predicted molar refractivity (Wildman–Crippen MR) is 91.7 cm³/mol. The molecule has 1 heterocycles. The zero-order chi connectivity index (χ0) is 18.9. The Morgan fingerprint density at radius 1 is 1.12 bits per heavy atom. The summed E-state index contributed by atoms with van der Waals surface area (Å²) in [7, 11) is -4.18. The lowest BCUT2D eigenvalue weighted by Crippen LogP contribution is -2.14. The first kappa shape index (κ1) is 18.0. The number of thiazole rings is 1.